The molecule has 1 fully saturated rings. The number of aliphatic hydroxyl groups excluding tert-OH is 1. The van der Waals surface area contributed by atoms with Crippen LogP contribution in [0.4, 0.5) is 4.79 Å². The molecule has 2 rings (SSSR count). The van der Waals surface area contributed by atoms with Gasteiger partial charge in [0.25, 0.3) is 0 Å². The van der Waals surface area contributed by atoms with E-state index in [1.54, 1.807) is 30.3 Å². The van der Waals surface area contributed by atoms with E-state index in [2.05, 4.69) is 5.32 Å². The summed E-state index contributed by atoms with van der Waals surface area (Å²) in [7, 11) is 1.29. The van der Waals surface area contributed by atoms with E-state index < -0.39 is 47.9 Å². The highest BCUT2D eigenvalue weighted by Crippen LogP contribution is 2.29. The molecule has 11 heteroatoms. The smallest absolute Gasteiger partial charge is 0.408 e. The molecular weight excluding hydrogens is 566 g/mol. The molecule has 0 bridgehead atoms. The van der Waals surface area contributed by atoms with E-state index in [4.69, 9.17) is 14.7 Å². The van der Waals surface area contributed by atoms with Crippen LogP contribution in [-0.4, -0.2) is 71.4 Å². The fraction of sp³-hybridized carbons (Fsp3) is 0.636. The average molecular weight is 614 g/mol. The van der Waals surface area contributed by atoms with E-state index in [0.29, 0.717) is 25.8 Å². The van der Waals surface area contributed by atoms with Crippen LogP contribution >= 0.6 is 0 Å². The number of hydrogen-bond acceptors (Lipinski definition) is 9. The van der Waals surface area contributed by atoms with Crippen LogP contribution in [0.1, 0.15) is 78.2 Å². The van der Waals surface area contributed by atoms with Gasteiger partial charge in [0, 0.05) is 25.3 Å². The zero-order valence-electron chi connectivity index (χ0n) is 26.5. The second-order valence-electron chi connectivity index (χ2n) is 12.2. The molecule has 1 aliphatic rings. The zero-order chi connectivity index (χ0) is 32.8. The summed E-state index contributed by atoms with van der Waals surface area (Å²) in [5.74, 6) is -2.87. The molecule has 0 aliphatic carbocycles. The van der Waals surface area contributed by atoms with E-state index in [1.807, 2.05) is 33.8 Å². The first kappa shape index (κ1) is 36.4. The number of nitrogens with one attached hydrogen (secondary N) is 1. The Labute approximate surface area is 260 Å². The number of esters is 1. The normalized spacial score (nSPS) is 17.3. The van der Waals surface area contributed by atoms with E-state index in [1.165, 1.54) is 12.0 Å². The number of Topliss-reactive ketones (excluding diaryl/α,β-unsaturated/α-hetero) is 2. The maximum absolute atomic E-state index is 13.8. The Morgan fingerprint density at radius 3 is 2.34 bits per heavy atom. The molecule has 1 aliphatic heterocycles. The molecule has 5 atom stereocenters. The van der Waals surface area contributed by atoms with Gasteiger partial charge in [-0.2, -0.15) is 5.26 Å². The van der Waals surface area contributed by atoms with E-state index in [0.717, 1.165) is 5.56 Å². The molecule has 0 aromatic heterocycles. The Morgan fingerprint density at radius 2 is 1.75 bits per heavy atom. The fourth-order valence-corrected chi connectivity index (χ4v) is 5.53. The van der Waals surface area contributed by atoms with Crippen molar-refractivity contribution in [3.05, 3.63) is 35.9 Å². The van der Waals surface area contributed by atoms with Crippen LogP contribution < -0.4 is 5.32 Å². The highest BCUT2D eigenvalue weighted by molar-refractivity contribution is 5.95. The molecule has 1 aromatic carbocycles. The molecule has 2 amide bonds. The molecule has 0 saturated carbocycles. The lowest BCUT2D eigenvalue weighted by Crippen LogP contribution is -2.47. The summed E-state index contributed by atoms with van der Waals surface area (Å²) >= 11 is 0. The zero-order valence-corrected chi connectivity index (χ0v) is 26.5. The number of ketones is 2. The molecule has 11 nitrogen and oxygen atoms in total. The van der Waals surface area contributed by atoms with Gasteiger partial charge in [-0.3, -0.25) is 19.2 Å². The van der Waals surface area contributed by atoms with Crippen molar-refractivity contribution in [2.75, 3.05) is 13.7 Å². The number of aliphatic hydroxyl groups is 1. The van der Waals surface area contributed by atoms with Crippen molar-refractivity contribution in [1.82, 2.24) is 10.2 Å². The first-order chi connectivity index (χ1) is 20.9. The van der Waals surface area contributed by atoms with Crippen LogP contribution in [0, 0.1) is 35.0 Å². The molecule has 1 heterocycles. The van der Waals surface area contributed by atoms with E-state index in [9.17, 15) is 29.1 Å². The largest absolute Gasteiger partial charge is 0.469 e. The molecular formula is C33H47N3O8. The number of methoxy groups -OCH3 is 1. The number of carbonyl (C=O) groups excluding carboxylic acids is 5. The second-order valence-corrected chi connectivity index (χ2v) is 12.2. The summed E-state index contributed by atoms with van der Waals surface area (Å²) in [6.07, 6.45) is -0.894. The fourth-order valence-electron chi connectivity index (χ4n) is 5.53. The van der Waals surface area contributed by atoms with Crippen molar-refractivity contribution in [2.24, 2.45) is 23.7 Å². The van der Waals surface area contributed by atoms with Gasteiger partial charge in [-0.25, -0.2) is 4.79 Å². The van der Waals surface area contributed by atoms with Crippen molar-refractivity contribution in [2.45, 2.75) is 97.4 Å². The predicted molar refractivity (Wildman–Crippen MR) is 162 cm³/mol. The van der Waals surface area contributed by atoms with Crippen molar-refractivity contribution < 1.29 is 38.6 Å². The monoisotopic (exact) mass is 613 g/mol. The van der Waals surface area contributed by atoms with Gasteiger partial charge in [-0.15, -0.1) is 0 Å². The van der Waals surface area contributed by atoms with Crippen LogP contribution in [-0.2, 0) is 35.3 Å². The third-order valence-corrected chi connectivity index (χ3v) is 7.96. The number of carbonyl (C=O) groups is 5. The second kappa shape index (κ2) is 18.1. The summed E-state index contributed by atoms with van der Waals surface area (Å²) in [6.45, 7) is 7.90. The number of nitriles is 1. The maximum atomic E-state index is 13.8. The SMILES string of the molecule is COC(=O)[C@@H](CC(=O)[C@@H]1CCCN1C(=O)[C@@H](CC(=O)[C@H](CCC(O)C#N)NC(=O)OCc1ccccc1)C(C)C)CC(C)C. The van der Waals surface area contributed by atoms with Gasteiger partial charge in [0.1, 0.15) is 12.7 Å². The van der Waals surface area contributed by atoms with Crippen molar-refractivity contribution in [3.63, 3.8) is 0 Å². The molecule has 44 heavy (non-hydrogen) atoms. The average Bonchev–Trinajstić information content (AvgIpc) is 3.50. The first-order valence-corrected chi connectivity index (χ1v) is 15.4. The van der Waals surface area contributed by atoms with E-state index >= 15 is 0 Å². The van der Waals surface area contributed by atoms with Crippen LogP contribution in [0.15, 0.2) is 30.3 Å². The van der Waals surface area contributed by atoms with Gasteiger partial charge in [-0.05, 0) is 49.5 Å². The Morgan fingerprint density at radius 1 is 1.07 bits per heavy atom. The summed E-state index contributed by atoms with van der Waals surface area (Å²) in [4.78, 5) is 67.2. The maximum Gasteiger partial charge on any atom is 0.408 e. The van der Waals surface area contributed by atoms with Gasteiger partial charge < -0.3 is 24.8 Å². The number of amides is 2. The minimum Gasteiger partial charge on any atom is -0.469 e. The van der Waals surface area contributed by atoms with Gasteiger partial charge in [0.15, 0.2) is 11.6 Å². The summed E-state index contributed by atoms with van der Waals surface area (Å²) in [5.41, 5.74) is 0.757. The van der Waals surface area contributed by atoms with Crippen LogP contribution in [0.25, 0.3) is 0 Å². The Balaban J connectivity index is 2.15. The molecule has 242 valence electrons. The highest BCUT2D eigenvalue weighted by Gasteiger charge is 2.40. The predicted octanol–water partition coefficient (Wildman–Crippen LogP) is 3.96. The minimum absolute atomic E-state index is 0.0140. The number of alkyl carbamates (subject to hydrolysis) is 1. The Hall–Kier alpha value is -3.78. The molecule has 0 radical (unpaired) electrons. The summed E-state index contributed by atoms with van der Waals surface area (Å²) in [6, 6.07) is 8.93. The van der Waals surface area contributed by atoms with Gasteiger partial charge in [0.2, 0.25) is 5.91 Å². The van der Waals surface area contributed by atoms with Gasteiger partial charge >= 0.3 is 12.1 Å². The number of rotatable bonds is 17. The molecule has 1 aromatic rings. The van der Waals surface area contributed by atoms with Gasteiger partial charge in [0.05, 0.1) is 31.2 Å². The molecule has 2 N–H and O–H groups in total. The van der Waals surface area contributed by atoms with Crippen LogP contribution in [0.3, 0.4) is 0 Å². The standard InChI is InChI=1S/C33H47N3O8/c1-21(2)16-24(32(41)43-5)17-30(39)28-12-9-15-36(28)31(40)26(22(3)4)18-29(38)27(14-13-25(37)19-34)35-33(42)44-20-23-10-7-6-8-11-23/h6-8,10-11,21-22,24-28,37H,9,12-18,20H2,1-5H3,(H,35,42)/t24-,25?,26+,27+,28+/m1/s1. The van der Waals surface area contributed by atoms with Crippen molar-refractivity contribution in [1.29, 1.82) is 5.26 Å². The lowest BCUT2D eigenvalue weighted by molar-refractivity contribution is -0.149. The Bertz CT molecular complexity index is 1160. The molecule has 1 saturated heterocycles. The Kier molecular flexibility index (Phi) is 15.0. The summed E-state index contributed by atoms with van der Waals surface area (Å²) < 4.78 is 10.2. The van der Waals surface area contributed by atoms with Crippen molar-refractivity contribution in [3.8, 4) is 6.07 Å². The number of ether oxygens (including phenoxy) is 2. The number of nitrogens with zero attached hydrogens (tertiary/aromatic N) is 2. The van der Waals surface area contributed by atoms with Gasteiger partial charge in [-0.1, -0.05) is 58.0 Å². The molecule has 0 spiro atoms. The van der Waals surface area contributed by atoms with Crippen LogP contribution in [0.5, 0.6) is 0 Å². The van der Waals surface area contributed by atoms with E-state index in [-0.39, 0.29) is 55.8 Å². The lowest BCUT2D eigenvalue weighted by Gasteiger charge is -2.31. The quantitative estimate of drug-likeness (QED) is 0.196. The lowest BCUT2D eigenvalue weighted by atomic mass is 9.86. The minimum atomic E-state index is -1.32. The van der Waals surface area contributed by atoms with Crippen molar-refractivity contribution >= 4 is 29.5 Å². The summed E-state index contributed by atoms with van der Waals surface area (Å²) in [5, 5.41) is 21.3. The third kappa shape index (κ3) is 11.4. The highest BCUT2D eigenvalue weighted by atomic mass is 16.5. The topological polar surface area (TPSA) is 163 Å². The number of hydrogen-bond donors (Lipinski definition) is 2. The first-order valence-electron chi connectivity index (χ1n) is 15.4. The molecule has 1 unspecified atom stereocenters. The third-order valence-electron chi connectivity index (χ3n) is 7.96. The number of likely N-dealkylation sites (tertiary alicyclic amines) is 1. The number of benzene rings is 1. The van der Waals surface area contributed by atoms with Crippen LogP contribution in [0.2, 0.25) is 0 Å².